The first kappa shape index (κ1) is 15.2. The summed E-state index contributed by atoms with van der Waals surface area (Å²) in [5, 5.41) is 2.69. The maximum Gasteiger partial charge on any atom is 0.411 e. The Morgan fingerprint density at radius 1 is 1.33 bits per heavy atom. The lowest BCUT2D eigenvalue weighted by molar-refractivity contribution is -0.175. The van der Waals surface area contributed by atoms with E-state index in [4.69, 9.17) is 5.73 Å². The summed E-state index contributed by atoms with van der Waals surface area (Å²) in [5.74, 6) is -0.296. The second-order valence-corrected chi connectivity index (χ2v) is 4.56. The van der Waals surface area contributed by atoms with Crippen LogP contribution in [0.25, 0.3) is 0 Å². The van der Waals surface area contributed by atoms with Crippen molar-refractivity contribution in [2.45, 2.75) is 37.9 Å². The molecular formula is C11H19F3N2O2. The van der Waals surface area contributed by atoms with Gasteiger partial charge >= 0.3 is 6.18 Å². The molecule has 1 amide bonds. The third kappa shape index (κ3) is 5.68. The number of amides is 1. The summed E-state index contributed by atoms with van der Waals surface area (Å²) in [7, 11) is 0. The van der Waals surface area contributed by atoms with Crippen molar-refractivity contribution in [3.63, 3.8) is 0 Å². The fourth-order valence-corrected chi connectivity index (χ4v) is 2.19. The van der Waals surface area contributed by atoms with Gasteiger partial charge in [-0.25, -0.2) is 0 Å². The Bertz CT molecular complexity index is 272. The van der Waals surface area contributed by atoms with Crippen molar-refractivity contribution in [1.82, 2.24) is 5.32 Å². The van der Waals surface area contributed by atoms with E-state index in [9.17, 15) is 18.0 Å². The lowest BCUT2D eigenvalue weighted by Crippen LogP contribution is -2.46. The molecule has 1 rings (SSSR count). The lowest BCUT2D eigenvalue weighted by Gasteiger charge is -2.31. The van der Waals surface area contributed by atoms with Gasteiger partial charge in [0, 0.05) is 6.04 Å². The van der Waals surface area contributed by atoms with E-state index < -0.39 is 25.3 Å². The van der Waals surface area contributed by atoms with Crippen molar-refractivity contribution in [3.05, 3.63) is 0 Å². The van der Waals surface area contributed by atoms with E-state index in [0.717, 1.165) is 25.7 Å². The molecule has 1 aliphatic rings. The monoisotopic (exact) mass is 268 g/mol. The molecule has 0 aliphatic heterocycles. The van der Waals surface area contributed by atoms with Gasteiger partial charge in [-0.1, -0.05) is 12.8 Å². The molecule has 1 saturated carbocycles. The number of hydrogen-bond acceptors (Lipinski definition) is 3. The van der Waals surface area contributed by atoms with Crippen LogP contribution in [0.5, 0.6) is 0 Å². The van der Waals surface area contributed by atoms with Crippen LogP contribution in [0.4, 0.5) is 13.2 Å². The zero-order valence-corrected chi connectivity index (χ0v) is 10.1. The van der Waals surface area contributed by atoms with Gasteiger partial charge in [0.05, 0.1) is 0 Å². The van der Waals surface area contributed by atoms with E-state index >= 15 is 0 Å². The van der Waals surface area contributed by atoms with E-state index in [1.54, 1.807) is 0 Å². The predicted octanol–water partition coefficient (Wildman–Crippen LogP) is 1.20. The standard InChI is InChI=1S/C11H19F3N2O2/c12-11(13,14)7-18-6-10(17)16-9-4-2-1-3-8(9)5-15/h8-9H,1-7,15H2,(H,16,17). The average molecular weight is 268 g/mol. The van der Waals surface area contributed by atoms with E-state index in [2.05, 4.69) is 10.1 Å². The number of ether oxygens (including phenoxy) is 1. The van der Waals surface area contributed by atoms with Crippen molar-refractivity contribution in [1.29, 1.82) is 0 Å². The Hall–Kier alpha value is -0.820. The zero-order chi connectivity index (χ0) is 13.6. The van der Waals surface area contributed by atoms with E-state index in [1.165, 1.54) is 0 Å². The largest absolute Gasteiger partial charge is 0.411 e. The predicted molar refractivity (Wildman–Crippen MR) is 59.8 cm³/mol. The van der Waals surface area contributed by atoms with Crippen LogP contribution >= 0.6 is 0 Å². The SMILES string of the molecule is NCC1CCCCC1NC(=O)COCC(F)(F)F. The van der Waals surface area contributed by atoms with E-state index in [0.29, 0.717) is 6.54 Å². The van der Waals surface area contributed by atoms with Gasteiger partial charge in [0.2, 0.25) is 5.91 Å². The molecule has 0 spiro atoms. The van der Waals surface area contributed by atoms with Crippen molar-refractivity contribution in [3.8, 4) is 0 Å². The highest BCUT2D eigenvalue weighted by Crippen LogP contribution is 2.23. The maximum absolute atomic E-state index is 11.8. The van der Waals surface area contributed by atoms with Crippen LogP contribution in [0, 0.1) is 5.92 Å². The van der Waals surface area contributed by atoms with Gasteiger partial charge < -0.3 is 15.8 Å². The molecule has 0 aromatic rings. The van der Waals surface area contributed by atoms with Crippen molar-refractivity contribution < 1.29 is 22.7 Å². The first-order chi connectivity index (χ1) is 8.42. The third-order valence-electron chi connectivity index (χ3n) is 3.06. The highest BCUT2D eigenvalue weighted by atomic mass is 19.4. The van der Waals surface area contributed by atoms with Crippen LogP contribution in [-0.4, -0.2) is 37.9 Å². The van der Waals surface area contributed by atoms with Crippen LogP contribution in [0.3, 0.4) is 0 Å². The van der Waals surface area contributed by atoms with Crippen LogP contribution in [-0.2, 0) is 9.53 Å². The minimum absolute atomic E-state index is 0.0364. The van der Waals surface area contributed by atoms with Crippen molar-refractivity contribution in [2.75, 3.05) is 19.8 Å². The summed E-state index contributed by atoms with van der Waals surface area (Å²) >= 11 is 0. The molecular weight excluding hydrogens is 249 g/mol. The molecule has 7 heteroatoms. The summed E-state index contributed by atoms with van der Waals surface area (Å²) in [6.45, 7) is -1.48. The smallest absolute Gasteiger partial charge is 0.362 e. The molecule has 0 radical (unpaired) electrons. The highest BCUT2D eigenvalue weighted by molar-refractivity contribution is 5.77. The Balaban J connectivity index is 2.26. The van der Waals surface area contributed by atoms with E-state index in [1.807, 2.05) is 0 Å². The molecule has 0 bridgehead atoms. The second kappa shape index (κ2) is 6.94. The van der Waals surface area contributed by atoms with Crippen LogP contribution in [0.2, 0.25) is 0 Å². The fourth-order valence-electron chi connectivity index (χ4n) is 2.19. The molecule has 1 fully saturated rings. The number of nitrogens with two attached hydrogens (primary N) is 1. The molecule has 0 aromatic carbocycles. The molecule has 2 unspecified atom stereocenters. The van der Waals surface area contributed by atoms with Gasteiger partial charge in [-0.2, -0.15) is 13.2 Å². The second-order valence-electron chi connectivity index (χ2n) is 4.56. The highest BCUT2D eigenvalue weighted by Gasteiger charge is 2.29. The molecule has 0 aromatic heterocycles. The Kier molecular flexibility index (Phi) is 5.87. The first-order valence-electron chi connectivity index (χ1n) is 6.06. The molecule has 3 N–H and O–H groups in total. The molecule has 4 nitrogen and oxygen atoms in total. The number of nitrogens with one attached hydrogen (secondary N) is 1. The topological polar surface area (TPSA) is 64.3 Å². The first-order valence-corrected chi connectivity index (χ1v) is 6.06. The van der Waals surface area contributed by atoms with Gasteiger partial charge in [0.1, 0.15) is 13.2 Å². The average Bonchev–Trinajstić information content (AvgIpc) is 2.28. The fraction of sp³-hybridized carbons (Fsp3) is 0.909. The number of rotatable bonds is 5. The summed E-state index contributed by atoms with van der Waals surface area (Å²) in [5.41, 5.74) is 5.60. The van der Waals surface area contributed by atoms with Gasteiger partial charge in [-0.15, -0.1) is 0 Å². The number of halogens is 3. The van der Waals surface area contributed by atoms with Crippen LogP contribution in [0.15, 0.2) is 0 Å². The molecule has 0 heterocycles. The van der Waals surface area contributed by atoms with Gasteiger partial charge in [0.15, 0.2) is 0 Å². The maximum atomic E-state index is 11.8. The van der Waals surface area contributed by atoms with E-state index in [-0.39, 0.29) is 12.0 Å². The van der Waals surface area contributed by atoms with Gasteiger partial charge in [-0.3, -0.25) is 4.79 Å². The molecule has 2 atom stereocenters. The van der Waals surface area contributed by atoms with Crippen LogP contribution < -0.4 is 11.1 Å². The van der Waals surface area contributed by atoms with Crippen molar-refractivity contribution in [2.24, 2.45) is 11.7 Å². The van der Waals surface area contributed by atoms with Crippen molar-refractivity contribution >= 4 is 5.91 Å². The minimum Gasteiger partial charge on any atom is -0.362 e. The Morgan fingerprint density at radius 2 is 2.00 bits per heavy atom. The van der Waals surface area contributed by atoms with Crippen LogP contribution in [0.1, 0.15) is 25.7 Å². The number of carbonyl (C=O) groups is 1. The quantitative estimate of drug-likeness (QED) is 0.787. The third-order valence-corrected chi connectivity index (χ3v) is 3.06. The molecule has 1 aliphatic carbocycles. The van der Waals surface area contributed by atoms with Gasteiger partial charge in [0.25, 0.3) is 0 Å². The Labute approximate surface area is 104 Å². The minimum atomic E-state index is -4.40. The summed E-state index contributed by atoms with van der Waals surface area (Å²) in [6, 6.07) is -0.0364. The summed E-state index contributed by atoms with van der Waals surface area (Å²) in [6.07, 6.45) is -0.535. The number of alkyl halides is 3. The lowest BCUT2D eigenvalue weighted by atomic mass is 9.84. The number of carbonyl (C=O) groups excluding carboxylic acids is 1. The zero-order valence-electron chi connectivity index (χ0n) is 10.1. The van der Waals surface area contributed by atoms with Gasteiger partial charge in [-0.05, 0) is 25.3 Å². The Morgan fingerprint density at radius 3 is 2.61 bits per heavy atom. The summed E-state index contributed by atoms with van der Waals surface area (Å²) in [4.78, 5) is 11.4. The molecule has 0 saturated heterocycles. The molecule has 106 valence electrons. The summed E-state index contributed by atoms with van der Waals surface area (Å²) < 4.78 is 39.7. The molecule has 18 heavy (non-hydrogen) atoms. The number of hydrogen-bond donors (Lipinski definition) is 2. The normalized spacial score (nSPS) is 24.9.